The SMILES string of the molecule is CSCCC(N)C(=O)NC(CS)C(=O)NC(C)C(=O)NC(CC(=O)O)C(=O)O. The molecule has 0 fully saturated rings. The number of carboxylic acid groups (broad SMARTS) is 2. The molecule has 0 rings (SSSR count). The molecule has 0 saturated carbocycles. The molecule has 0 aliphatic heterocycles. The van der Waals surface area contributed by atoms with Gasteiger partial charge in [0.05, 0.1) is 12.5 Å². The van der Waals surface area contributed by atoms with E-state index >= 15 is 0 Å². The third kappa shape index (κ3) is 9.80. The standard InChI is InChI=1S/C15H26N4O7S2/c1-7(12(22)18-9(15(25)26)5-11(20)21)17-14(24)10(6-27)19-13(23)8(16)3-4-28-2/h7-10,27H,3-6,16H2,1-2H3,(H,17,24)(H,18,22)(H,19,23)(H,20,21)(H,25,26). The van der Waals surface area contributed by atoms with Crippen molar-refractivity contribution < 1.29 is 34.2 Å². The first-order valence-corrected chi connectivity index (χ1v) is 10.3. The fourth-order valence-corrected chi connectivity index (χ4v) is 2.65. The van der Waals surface area contributed by atoms with Gasteiger partial charge in [-0.25, -0.2) is 4.79 Å². The summed E-state index contributed by atoms with van der Waals surface area (Å²) in [5.74, 6) is -4.44. The van der Waals surface area contributed by atoms with Crippen molar-refractivity contribution in [1.82, 2.24) is 16.0 Å². The molecule has 0 aliphatic rings. The number of aliphatic carboxylic acids is 2. The van der Waals surface area contributed by atoms with Crippen molar-refractivity contribution in [1.29, 1.82) is 0 Å². The minimum Gasteiger partial charge on any atom is -0.481 e. The Labute approximate surface area is 172 Å². The number of carbonyl (C=O) groups excluding carboxylic acids is 3. The summed E-state index contributed by atoms with van der Waals surface area (Å²) in [6, 6.07) is -4.66. The van der Waals surface area contributed by atoms with E-state index in [4.69, 9.17) is 15.9 Å². The van der Waals surface area contributed by atoms with E-state index in [0.29, 0.717) is 12.2 Å². The lowest BCUT2D eigenvalue weighted by Gasteiger charge is -2.22. The van der Waals surface area contributed by atoms with Crippen LogP contribution in [0.2, 0.25) is 0 Å². The lowest BCUT2D eigenvalue weighted by molar-refractivity contribution is -0.147. The van der Waals surface area contributed by atoms with Crippen molar-refractivity contribution in [2.75, 3.05) is 17.8 Å². The van der Waals surface area contributed by atoms with Gasteiger partial charge in [0.15, 0.2) is 0 Å². The van der Waals surface area contributed by atoms with Gasteiger partial charge in [-0.1, -0.05) is 0 Å². The molecule has 0 aromatic carbocycles. The third-order valence-electron chi connectivity index (χ3n) is 3.53. The number of carboxylic acids is 2. The van der Waals surface area contributed by atoms with Crippen LogP contribution in [0.5, 0.6) is 0 Å². The molecule has 0 aromatic rings. The van der Waals surface area contributed by atoms with Gasteiger partial charge in [-0.3, -0.25) is 19.2 Å². The summed E-state index contributed by atoms with van der Waals surface area (Å²) in [5, 5.41) is 24.4. The Morgan fingerprint density at radius 1 is 1.00 bits per heavy atom. The van der Waals surface area contributed by atoms with E-state index in [0.717, 1.165) is 0 Å². The Balaban J connectivity index is 4.77. The van der Waals surface area contributed by atoms with E-state index in [2.05, 4.69) is 23.3 Å². The van der Waals surface area contributed by atoms with Crippen LogP contribution in [0.15, 0.2) is 0 Å². The molecule has 4 atom stereocenters. The molecule has 0 bridgehead atoms. The minimum absolute atomic E-state index is 0.0576. The van der Waals surface area contributed by atoms with Gasteiger partial charge >= 0.3 is 11.9 Å². The van der Waals surface area contributed by atoms with Gasteiger partial charge < -0.3 is 31.9 Å². The summed E-state index contributed by atoms with van der Waals surface area (Å²) in [6.45, 7) is 1.29. The molecule has 0 radical (unpaired) electrons. The Kier molecular flexibility index (Phi) is 12.3. The molecule has 0 saturated heterocycles. The van der Waals surface area contributed by atoms with E-state index in [1.807, 2.05) is 11.6 Å². The number of rotatable bonds is 13. The number of thioether (sulfide) groups is 1. The van der Waals surface area contributed by atoms with E-state index in [-0.39, 0.29) is 5.75 Å². The Morgan fingerprint density at radius 3 is 2.04 bits per heavy atom. The smallest absolute Gasteiger partial charge is 0.326 e. The van der Waals surface area contributed by atoms with Crippen molar-refractivity contribution in [3.8, 4) is 0 Å². The van der Waals surface area contributed by atoms with Crippen LogP contribution in [0.25, 0.3) is 0 Å². The van der Waals surface area contributed by atoms with E-state index in [9.17, 15) is 24.0 Å². The fraction of sp³-hybridized carbons (Fsp3) is 0.667. The predicted octanol–water partition coefficient (Wildman–Crippen LogP) is -1.97. The molecule has 4 unspecified atom stereocenters. The molecule has 28 heavy (non-hydrogen) atoms. The second kappa shape index (κ2) is 13.2. The zero-order chi connectivity index (χ0) is 21.9. The lowest BCUT2D eigenvalue weighted by atomic mass is 10.1. The third-order valence-corrected chi connectivity index (χ3v) is 4.54. The van der Waals surface area contributed by atoms with Crippen molar-refractivity contribution >= 4 is 54.1 Å². The van der Waals surface area contributed by atoms with Crippen LogP contribution in [0, 0.1) is 0 Å². The number of carbonyl (C=O) groups is 5. The van der Waals surface area contributed by atoms with Gasteiger partial charge in [0.1, 0.15) is 18.1 Å². The van der Waals surface area contributed by atoms with Crippen LogP contribution in [0.4, 0.5) is 0 Å². The number of amides is 3. The maximum Gasteiger partial charge on any atom is 0.326 e. The molecule has 13 heteroatoms. The highest BCUT2D eigenvalue weighted by Gasteiger charge is 2.28. The van der Waals surface area contributed by atoms with Gasteiger partial charge in [-0.2, -0.15) is 24.4 Å². The molecule has 0 aliphatic carbocycles. The van der Waals surface area contributed by atoms with Gasteiger partial charge in [0.2, 0.25) is 17.7 Å². The molecular formula is C15H26N4O7S2. The molecule has 0 heterocycles. The highest BCUT2D eigenvalue weighted by Crippen LogP contribution is 2.00. The van der Waals surface area contributed by atoms with Crippen LogP contribution >= 0.6 is 24.4 Å². The summed E-state index contributed by atoms with van der Waals surface area (Å²) in [7, 11) is 0. The van der Waals surface area contributed by atoms with E-state index < -0.39 is 60.2 Å². The summed E-state index contributed by atoms with van der Waals surface area (Å²) >= 11 is 5.52. The zero-order valence-electron chi connectivity index (χ0n) is 15.5. The molecule has 0 aromatic heterocycles. The van der Waals surface area contributed by atoms with Crippen molar-refractivity contribution in [3.05, 3.63) is 0 Å². The average Bonchev–Trinajstić information content (AvgIpc) is 2.62. The minimum atomic E-state index is -1.64. The van der Waals surface area contributed by atoms with Crippen molar-refractivity contribution in [2.45, 2.75) is 43.9 Å². The van der Waals surface area contributed by atoms with Gasteiger partial charge in [-0.05, 0) is 25.4 Å². The largest absolute Gasteiger partial charge is 0.481 e. The lowest BCUT2D eigenvalue weighted by Crippen LogP contribution is -2.57. The summed E-state index contributed by atoms with van der Waals surface area (Å²) in [6.07, 6.45) is 1.48. The normalized spacial score (nSPS) is 14.9. The van der Waals surface area contributed by atoms with Crippen LogP contribution in [0.1, 0.15) is 19.8 Å². The Bertz CT molecular complexity index is 591. The van der Waals surface area contributed by atoms with E-state index in [1.54, 1.807) is 0 Å². The average molecular weight is 439 g/mol. The van der Waals surface area contributed by atoms with Gasteiger partial charge in [0.25, 0.3) is 0 Å². The maximum atomic E-state index is 12.2. The molecule has 7 N–H and O–H groups in total. The van der Waals surface area contributed by atoms with Crippen molar-refractivity contribution in [2.24, 2.45) is 5.73 Å². The van der Waals surface area contributed by atoms with Crippen molar-refractivity contribution in [3.63, 3.8) is 0 Å². The first-order chi connectivity index (χ1) is 13.0. The topological polar surface area (TPSA) is 188 Å². The molecule has 3 amide bonds. The number of thiol groups is 1. The highest BCUT2D eigenvalue weighted by atomic mass is 32.2. The summed E-state index contributed by atoms with van der Waals surface area (Å²) in [4.78, 5) is 57.9. The van der Waals surface area contributed by atoms with Crippen LogP contribution in [-0.4, -0.2) is 81.8 Å². The second-order valence-electron chi connectivity index (χ2n) is 5.86. The fourth-order valence-electron chi connectivity index (χ4n) is 1.90. The second-order valence-corrected chi connectivity index (χ2v) is 7.21. The molecule has 160 valence electrons. The van der Waals surface area contributed by atoms with Gasteiger partial charge in [0, 0.05) is 5.75 Å². The van der Waals surface area contributed by atoms with Crippen LogP contribution < -0.4 is 21.7 Å². The van der Waals surface area contributed by atoms with E-state index in [1.165, 1.54) is 18.7 Å². The first-order valence-electron chi connectivity index (χ1n) is 8.24. The van der Waals surface area contributed by atoms with Gasteiger partial charge in [-0.15, -0.1) is 0 Å². The van der Waals surface area contributed by atoms with Crippen LogP contribution in [0.3, 0.4) is 0 Å². The quantitative estimate of drug-likeness (QED) is 0.160. The molecular weight excluding hydrogens is 412 g/mol. The monoisotopic (exact) mass is 438 g/mol. The predicted molar refractivity (Wildman–Crippen MR) is 106 cm³/mol. The summed E-state index contributed by atoms with van der Waals surface area (Å²) < 4.78 is 0. The first kappa shape index (κ1) is 26.0. The number of nitrogens with two attached hydrogens (primary N) is 1. The highest BCUT2D eigenvalue weighted by molar-refractivity contribution is 7.98. The van der Waals surface area contributed by atoms with Crippen LogP contribution in [-0.2, 0) is 24.0 Å². The summed E-state index contributed by atoms with van der Waals surface area (Å²) in [5.41, 5.74) is 5.73. The number of hydrogen-bond acceptors (Lipinski definition) is 8. The zero-order valence-corrected chi connectivity index (χ0v) is 17.2. The molecule has 11 nitrogen and oxygen atoms in total. The number of hydrogen-bond donors (Lipinski definition) is 7. The number of nitrogens with one attached hydrogen (secondary N) is 3. The molecule has 0 spiro atoms. The maximum absolute atomic E-state index is 12.2. The Morgan fingerprint density at radius 2 is 1.57 bits per heavy atom. The Hall–Kier alpha value is -1.99.